The molecule has 0 aromatic carbocycles. The van der Waals surface area contributed by atoms with E-state index < -0.39 is 12.7 Å². The third-order valence-electron chi connectivity index (χ3n) is 3.36. The lowest BCUT2D eigenvalue weighted by molar-refractivity contribution is -0.148. The topological polar surface area (TPSA) is 24.5 Å². The van der Waals surface area contributed by atoms with E-state index >= 15 is 0 Å². The van der Waals surface area contributed by atoms with Crippen molar-refractivity contribution in [3.8, 4) is 0 Å². The van der Waals surface area contributed by atoms with Crippen LogP contribution in [0, 0.1) is 0 Å². The zero-order valence-corrected chi connectivity index (χ0v) is 11.3. The lowest BCUT2D eigenvalue weighted by Crippen LogP contribution is -2.48. The fourth-order valence-electron chi connectivity index (χ4n) is 2.01. The van der Waals surface area contributed by atoms with E-state index in [1.54, 1.807) is 7.11 Å². The molecule has 1 fully saturated rings. The van der Waals surface area contributed by atoms with Crippen LogP contribution in [0.15, 0.2) is 0 Å². The average molecular weight is 268 g/mol. The third-order valence-corrected chi connectivity index (χ3v) is 3.36. The van der Waals surface area contributed by atoms with E-state index in [1.165, 1.54) is 4.90 Å². The molecule has 0 radical (unpaired) electrons. The summed E-state index contributed by atoms with van der Waals surface area (Å²) in [5.41, 5.74) is -0.233. The van der Waals surface area contributed by atoms with Gasteiger partial charge in [0.25, 0.3) is 0 Å². The molecule has 6 heteroatoms. The molecule has 0 unspecified atom stereocenters. The Morgan fingerprint density at radius 1 is 1.22 bits per heavy atom. The van der Waals surface area contributed by atoms with Crippen molar-refractivity contribution in [2.75, 3.05) is 33.3 Å². The summed E-state index contributed by atoms with van der Waals surface area (Å²) < 4.78 is 41.9. The molecule has 108 valence electrons. The molecule has 1 heterocycles. The number of hydrogen-bond donors (Lipinski definition) is 1. The predicted molar refractivity (Wildman–Crippen MR) is 64.6 cm³/mol. The van der Waals surface area contributed by atoms with Crippen LogP contribution in [0.25, 0.3) is 0 Å². The number of hydrogen-bond acceptors (Lipinski definition) is 3. The van der Waals surface area contributed by atoms with Gasteiger partial charge in [0, 0.05) is 19.7 Å². The maximum Gasteiger partial charge on any atom is 0.401 e. The quantitative estimate of drug-likeness (QED) is 0.825. The molecule has 1 N–H and O–H groups in total. The van der Waals surface area contributed by atoms with Crippen molar-refractivity contribution >= 4 is 0 Å². The van der Waals surface area contributed by atoms with Gasteiger partial charge in [0.1, 0.15) is 0 Å². The Balaban J connectivity index is 2.23. The van der Waals surface area contributed by atoms with Crippen LogP contribution in [0.3, 0.4) is 0 Å². The Labute approximate surface area is 107 Å². The monoisotopic (exact) mass is 268 g/mol. The fraction of sp³-hybridized carbons (Fsp3) is 1.00. The van der Waals surface area contributed by atoms with E-state index in [1.807, 2.05) is 13.8 Å². The van der Waals surface area contributed by atoms with Crippen molar-refractivity contribution in [2.24, 2.45) is 0 Å². The van der Waals surface area contributed by atoms with Crippen molar-refractivity contribution < 1.29 is 17.9 Å². The smallest absolute Gasteiger partial charge is 0.377 e. The van der Waals surface area contributed by atoms with Gasteiger partial charge < -0.3 is 10.1 Å². The summed E-state index contributed by atoms with van der Waals surface area (Å²) in [4.78, 5) is 1.47. The summed E-state index contributed by atoms with van der Waals surface area (Å²) in [7, 11) is 1.66. The number of alkyl halides is 3. The van der Waals surface area contributed by atoms with E-state index in [2.05, 4.69) is 5.32 Å². The van der Waals surface area contributed by atoms with Crippen molar-refractivity contribution in [3.05, 3.63) is 0 Å². The zero-order valence-electron chi connectivity index (χ0n) is 11.3. The molecule has 0 spiro atoms. The Bertz CT molecular complexity index is 248. The fourth-order valence-corrected chi connectivity index (χ4v) is 2.01. The number of methoxy groups -OCH3 is 1. The van der Waals surface area contributed by atoms with Gasteiger partial charge >= 0.3 is 6.18 Å². The first kappa shape index (κ1) is 15.7. The molecule has 0 saturated carbocycles. The number of rotatable bonds is 5. The molecule has 0 amide bonds. The van der Waals surface area contributed by atoms with Crippen molar-refractivity contribution in [3.63, 3.8) is 0 Å². The normalized spacial score (nSPS) is 20.3. The van der Waals surface area contributed by atoms with Crippen molar-refractivity contribution in [1.29, 1.82) is 0 Å². The number of nitrogens with one attached hydrogen (secondary N) is 1. The highest BCUT2D eigenvalue weighted by atomic mass is 19.4. The van der Waals surface area contributed by atoms with E-state index in [-0.39, 0.29) is 5.60 Å². The van der Waals surface area contributed by atoms with E-state index in [4.69, 9.17) is 4.74 Å². The summed E-state index contributed by atoms with van der Waals surface area (Å²) in [6, 6.07) is 0.295. The van der Waals surface area contributed by atoms with Gasteiger partial charge in [-0.15, -0.1) is 0 Å². The van der Waals surface area contributed by atoms with Gasteiger partial charge in [0.2, 0.25) is 0 Å². The first-order chi connectivity index (χ1) is 8.22. The molecule has 1 aliphatic heterocycles. The Kier molecular flexibility index (Phi) is 5.43. The summed E-state index contributed by atoms with van der Waals surface area (Å²) in [5.74, 6) is 0. The van der Waals surface area contributed by atoms with E-state index in [9.17, 15) is 13.2 Å². The highest BCUT2D eigenvalue weighted by molar-refractivity contribution is 4.81. The van der Waals surface area contributed by atoms with E-state index in [0.29, 0.717) is 25.7 Å². The summed E-state index contributed by atoms with van der Waals surface area (Å²) in [6.45, 7) is 4.91. The second-order valence-electron chi connectivity index (χ2n) is 5.51. The molecule has 1 rings (SSSR count). The number of piperidine rings is 1. The summed E-state index contributed by atoms with van der Waals surface area (Å²) >= 11 is 0. The van der Waals surface area contributed by atoms with Gasteiger partial charge in [-0.25, -0.2) is 0 Å². The standard InChI is InChI=1S/C12H23F3N2O/c1-11(2,18-3)8-16-10-4-6-17(7-5-10)9-12(13,14)15/h10,16H,4-9H2,1-3H3. The molecular weight excluding hydrogens is 245 g/mol. The summed E-state index contributed by atoms with van der Waals surface area (Å²) in [6.07, 6.45) is -2.57. The zero-order chi connectivity index (χ0) is 13.8. The van der Waals surface area contributed by atoms with Gasteiger partial charge in [-0.2, -0.15) is 13.2 Å². The van der Waals surface area contributed by atoms with Crippen LogP contribution in [0.5, 0.6) is 0 Å². The van der Waals surface area contributed by atoms with Crippen LogP contribution in [0.2, 0.25) is 0 Å². The number of likely N-dealkylation sites (tertiary alicyclic amines) is 1. The largest absolute Gasteiger partial charge is 0.401 e. The van der Waals surface area contributed by atoms with Gasteiger partial charge in [-0.05, 0) is 39.8 Å². The lowest BCUT2D eigenvalue weighted by atomic mass is 10.0. The molecule has 1 saturated heterocycles. The van der Waals surface area contributed by atoms with Crippen LogP contribution in [-0.2, 0) is 4.74 Å². The van der Waals surface area contributed by atoms with Crippen LogP contribution in [-0.4, -0.2) is 56.0 Å². The second kappa shape index (κ2) is 6.21. The van der Waals surface area contributed by atoms with E-state index in [0.717, 1.165) is 12.8 Å². The Hall–Kier alpha value is -0.330. The van der Waals surface area contributed by atoms with Crippen molar-refractivity contribution in [2.45, 2.75) is 44.5 Å². The minimum atomic E-state index is -4.09. The molecule has 0 aliphatic carbocycles. The molecule has 0 aromatic rings. The highest BCUT2D eigenvalue weighted by Gasteiger charge is 2.32. The first-order valence-electron chi connectivity index (χ1n) is 6.29. The Morgan fingerprint density at radius 2 is 1.78 bits per heavy atom. The second-order valence-corrected chi connectivity index (χ2v) is 5.51. The van der Waals surface area contributed by atoms with Crippen LogP contribution in [0.1, 0.15) is 26.7 Å². The molecule has 3 nitrogen and oxygen atoms in total. The van der Waals surface area contributed by atoms with Gasteiger partial charge in [0.05, 0.1) is 12.1 Å². The molecule has 1 aliphatic rings. The number of halogens is 3. The van der Waals surface area contributed by atoms with Crippen LogP contribution in [0.4, 0.5) is 13.2 Å². The third kappa shape index (κ3) is 6.02. The lowest BCUT2D eigenvalue weighted by Gasteiger charge is -2.34. The summed E-state index contributed by atoms with van der Waals surface area (Å²) in [5, 5.41) is 3.36. The molecule has 0 bridgehead atoms. The first-order valence-corrected chi connectivity index (χ1v) is 6.29. The van der Waals surface area contributed by atoms with Gasteiger partial charge in [-0.1, -0.05) is 0 Å². The maximum absolute atomic E-state index is 12.2. The van der Waals surface area contributed by atoms with Gasteiger partial charge in [-0.3, -0.25) is 4.90 Å². The van der Waals surface area contributed by atoms with Crippen molar-refractivity contribution in [1.82, 2.24) is 10.2 Å². The molecular formula is C12H23F3N2O. The average Bonchev–Trinajstić information content (AvgIpc) is 2.26. The predicted octanol–water partition coefficient (Wildman–Crippen LogP) is 2.03. The van der Waals surface area contributed by atoms with Crippen LogP contribution >= 0.6 is 0 Å². The molecule has 0 aromatic heterocycles. The highest BCUT2D eigenvalue weighted by Crippen LogP contribution is 2.20. The minimum absolute atomic E-state index is 0.233. The van der Waals surface area contributed by atoms with Crippen LogP contribution < -0.4 is 5.32 Å². The molecule has 0 atom stereocenters. The molecule has 18 heavy (non-hydrogen) atoms. The number of nitrogens with zero attached hydrogens (tertiary/aromatic N) is 1. The maximum atomic E-state index is 12.2. The Morgan fingerprint density at radius 3 is 2.22 bits per heavy atom. The minimum Gasteiger partial charge on any atom is -0.377 e. The number of ether oxygens (including phenoxy) is 1. The van der Waals surface area contributed by atoms with Gasteiger partial charge in [0.15, 0.2) is 0 Å². The SMILES string of the molecule is COC(C)(C)CNC1CCN(CC(F)(F)F)CC1.